The quantitative estimate of drug-likeness (QED) is 0.834. The van der Waals surface area contributed by atoms with Crippen LogP contribution in [0.2, 0.25) is 0 Å². The van der Waals surface area contributed by atoms with Gasteiger partial charge >= 0.3 is 6.03 Å². The van der Waals surface area contributed by atoms with Crippen LogP contribution in [-0.4, -0.2) is 64.0 Å². The fraction of sp³-hybridized carbons (Fsp3) is 0.611. The lowest BCUT2D eigenvalue weighted by molar-refractivity contribution is 0.229. The molecule has 26 heavy (non-hydrogen) atoms. The molecular weight excluding hydrogens is 332 g/mol. The van der Waals surface area contributed by atoms with Gasteiger partial charge in [0.15, 0.2) is 0 Å². The largest absolute Gasteiger partial charge is 0.361 e. The first-order valence-corrected chi connectivity index (χ1v) is 9.44. The minimum absolute atomic E-state index is 0.0532. The van der Waals surface area contributed by atoms with Gasteiger partial charge < -0.3 is 9.42 Å². The van der Waals surface area contributed by atoms with Crippen LogP contribution in [0.4, 0.5) is 10.5 Å². The van der Waals surface area contributed by atoms with Gasteiger partial charge in [0.25, 0.3) is 0 Å². The smallest absolute Gasteiger partial charge is 0.324 e. The summed E-state index contributed by atoms with van der Waals surface area (Å²) in [5.74, 6) is 1.09. The molecule has 1 unspecified atom stereocenters. The fourth-order valence-corrected chi connectivity index (χ4v) is 4.35. The van der Waals surface area contributed by atoms with E-state index in [2.05, 4.69) is 15.2 Å². The highest BCUT2D eigenvalue weighted by molar-refractivity contribution is 5.93. The molecule has 3 aliphatic rings. The zero-order valence-corrected chi connectivity index (χ0v) is 15.1. The number of rotatable bonds is 4. The molecule has 2 aromatic rings. The molecule has 1 aliphatic carbocycles. The standard InChI is InChI=1S/C18H24N6O2/c1-21-7-8-23(18(21)25)14-9-19-24(11-14)13-5-6-22(10-13)12-16-15-3-2-4-17(15)26-20-16/h9,11,13H,2-8,10,12H2,1H3. The van der Waals surface area contributed by atoms with Gasteiger partial charge in [0, 0.05) is 58.0 Å². The predicted octanol–water partition coefficient (Wildman–Crippen LogP) is 1.68. The zero-order valence-electron chi connectivity index (χ0n) is 15.1. The van der Waals surface area contributed by atoms with E-state index in [1.54, 1.807) is 9.80 Å². The molecule has 2 amide bonds. The van der Waals surface area contributed by atoms with Crippen LogP contribution in [0.1, 0.15) is 35.9 Å². The molecule has 8 heteroatoms. The van der Waals surface area contributed by atoms with E-state index in [0.29, 0.717) is 6.04 Å². The van der Waals surface area contributed by atoms with Crippen molar-refractivity contribution in [1.82, 2.24) is 24.7 Å². The van der Waals surface area contributed by atoms with Crippen LogP contribution in [0.15, 0.2) is 16.9 Å². The maximum Gasteiger partial charge on any atom is 0.324 e. The van der Waals surface area contributed by atoms with Crippen LogP contribution in [0.25, 0.3) is 0 Å². The lowest BCUT2D eigenvalue weighted by atomic mass is 10.2. The molecule has 138 valence electrons. The summed E-state index contributed by atoms with van der Waals surface area (Å²) in [5.41, 5.74) is 3.35. The molecule has 0 bridgehead atoms. The molecule has 2 saturated heterocycles. The molecule has 0 saturated carbocycles. The van der Waals surface area contributed by atoms with Crippen molar-refractivity contribution in [2.75, 3.05) is 38.1 Å². The second-order valence-corrected chi connectivity index (χ2v) is 7.60. The third kappa shape index (κ3) is 2.59. The third-order valence-corrected chi connectivity index (χ3v) is 5.89. The number of amides is 2. The Hall–Kier alpha value is -2.35. The molecule has 0 N–H and O–H groups in total. The second-order valence-electron chi connectivity index (χ2n) is 7.60. The summed E-state index contributed by atoms with van der Waals surface area (Å²) < 4.78 is 7.49. The number of likely N-dealkylation sites (N-methyl/N-ethyl adjacent to an activating group) is 1. The van der Waals surface area contributed by atoms with Crippen molar-refractivity contribution in [3.05, 3.63) is 29.4 Å². The molecule has 0 radical (unpaired) electrons. The van der Waals surface area contributed by atoms with Crippen molar-refractivity contribution in [1.29, 1.82) is 0 Å². The Morgan fingerprint density at radius 2 is 2.19 bits per heavy atom. The summed E-state index contributed by atoms with van der Waals surface area (Å²) in [5, 5.41) is 8.82. The highest BCUT2D eigenvalue weighted by Gasteiger charge is 2.30. The summed E-state index contributed by atoms with van der Waals surface area (Å²) in [7, 11) is 1.84. The van der Waals surface area contributed by atoms with Gasteiger partial charge in [-0.2, -0.15) is 5.10 Å². The van der Waals surface area contributed by atoms with Crippen LogP contribution in [-0.2, 0) is 19.4 Å². The highest BCUT2D eigenvalue weighted by Crippen LogP contribution is 2.29. The number of hydrogen-bond acceptors (Lipinski definition) is 5. The Bertz CT molecular complexity index is 828. The average molecular weight is 356 g/mol. The Kier molecular flexibility index (Phi) is 3.74. The Morgan fingerprint density at radius 1 is 1.27 bits per heavy atom. The van der Waals surface area contributed by atoms with Crippen molar-refractivity contribution >= 4 is 11.7 Å². The van der Waals surface area contributed by atoms with Crippen molar-refractivity contribution in [3.63, 3.8) is 0 Å². The van der Waals surface area contributed by atoms with Crippen LogP contribution in [0, 0.1) is 0 Å². The first-order chi connectivity index (χ1) is 12.7. The number of urea groups is 1. The molecule has 2 aromatic heterocycles. The van der Waals surface area contributed by atoms with Gasteiger partial charge in [-0.05, 0) is 19.3 Å². The van der Waals surface area contributed by atoms with E-state index in [1.807, 2.05) is 24.1 Å². The van der Waals surface area contributed by atoms with Gasteiger partial charge in [-0.1, -0.05) is 5.16 Å². The number of aryl methyl sites for hydroxylation is 1. The van der Waals surface area contributed by atoms with Crippen LogP contribution >= 0.6 is 0 Å². The molecule has 1 atom stereocenters. The van der Waals surface area contributed by atoms with E-state index in [9.17, 15) is 4.79 Å². The lowest BCUT2D eigenvalue weighted by Crippen LogP contribution is -2.28. The van der Waals surface area contributed by atoms with Crippen molar-refractivity contribution < 1.29 is 9.32 Å². The first kappa shape index (κ1) is 15.9. The molecule has 0 aromatic carbocycles. The van der Waals surface area contributed by atoms with Gasteiger partial charge in [-0.15, -0.1) is 0 Å². The Balaban J connectivity index is 1.24. The summed E-state index contributed by atoms with van der Waals surface area (Å²) in [6.45, 7) is 4.35. The highest BCUT2D eigenvalue weighted by atomic mass is 16.5. The van der Waals surface area contributed by atoms with E-state index < -0.39 is 0 Å². The number of fused-ring (bicyclic) bond motifs is 1. The minimum atomic E-state index is 0.0532. The van der Waals surface area contributed by atoms with Crippen LogP contribution in [0.5, 0.6) is 0 Å². The topological polar surface area (TPSA) is 70.6 Å². The van der Waals surface area contributed by atoms with Crippen LogP contribution in [0.3, 0.4) is 0 Å². The van der Waals surface area contributed by atoms with E-state index in [4.69, 9.17) is 4.52 Å². The molecule has 2 fully saturated rings. The van der Waals surface area contributed by atoms with E-state index >= 15 is 0 Å². The summed E-state index contributed by atoms with van der Waals surface area (Å²) in [6.07, 6.45) is 8.21. The van der Waals surface area contributed by atoms with Gasteiger partial charge in [0.05, 0.1) is 17.9 Å². The number of nitrogens with zero attached hydrogens (tertiary/aromatic N) is 6. The fourth-order valence-electron chi connectivity index (χ4n) is 4.35. The monoisotopic (exact) mass is 356 g/mol. The zero-order chi connectivity index (χ0) is 17.7. The third-order valence-electron chi connectivity index (χ3n) is 5.89. The summed E-state index contributed by atoms with van der Waals surface area (Å²) in [4.78, 5) is 18.1. The average Bonchev–Trinajstić information content (AvgIpc) is 3.41. The SMILES string of the molecule is CN1CCN(c2cnn(C3CCN(Cc4noc5c4CCC5)C3)c2)C1=O. The second kappa shape index (κ2) is 6.12. The lowest BCUT2D eigenvalue weighted by Gasteiger charge is -2.16. The van der Waals surface area contributed by atoms with Gasteiger partial charge in [0.1, 0.15) is 11.5 Å². The molecule has 2 aliphatic heterocycles. The van der Waals surface area contributed by atoms with Gasteiger partial charge in [0.2, 0.25) is 0 Å². The number of likely N-dealkylation sites (tertiary alicyclic amines) is 1. The van der Waals surface area contributed by atoms with Crippen LogP contribution < -0.4 is 4.90 Å². The molecule has 4 heterocycles. The maximum atomic E-state index is 12.1. The number of carbonyl (C=O) groups is 1. The molecule has 8 nitrogen and oxygen atoms in total. The molecular formula is C18H24N6O2. The number of carbonyl (C=O) groups excluding carboxylic acids is 1. The van der Waals surface area contributed by atoms with Gasteiger partial charge in [-0.3, -0.25) is 14.5 Å². The maximum absolute atomic E-state index is 12.1. The van der Waals surface area contributed by atoms with Gasteiger partial charge in [-0.25, -0.2) is 4.79 Å². The van der Waals surface area contributed by atoms with Crippen molar-refractivity contribution in [3.8, 4) is 0 Å². The summed E-state index contributed by atoms with van der Waals surface area (Å²) in [6, 6.07) is 0.400. The van der Waals surface area contributed by atoms with E-state index in [-0.39, 0.29) is 6.03 Å². The first-order valence-electron chi connectivity index (χ1n) is 9.44. The van der Waals surface area contributed by atoms with Crippen molar-refractivity contribution in [2.45, 2.75) is 38.3 Å². The Morgan fingerprint density at radius 3 is 3.04 bits per heavy atom. The predicted molar refractivity (Wildman–Crippen MR) is 95.1 cm³/mol. The molecule has 0 spiro atoms. The van der Waals surface area contributed by atoms with E-state index in [0.717, 1.165) is 69.1 Å². The number of aromatic nitrogens is 3. The van der Waals surface area contributed by atoms with E-state index in [1.165, 1.54) is 12.0 Å². The molecule has 5 rings (SSSR count). The summed E-state index contributed by atoms with van der Waals surface area (Å²) >= 11 is 0. The number of hydrogen-bond donors (Lipinski definition) is 0. The number of anilines is 1. The minimum Gasteiger partial charge on any atom is -0.361 e. The van der Waals surface area contributed by atoms with Crippen molar-refractivity contribution in [2.24, 2.45) is 0 Å². The normalized spacial score (nSPS) is 23.4. The Labute approximate surface area is 152 Å².